The smallest absolute Gasteiger partial charge is 0.198 e. The van der Waals surface area contributed by atoms with Crippen molar-refractivity contribution in [2.24, 2.45) is 10.7 Å². The van der Waals surface area contributed by atoms with Crippen LogP contribution in [0.4, 0.5) is 11.4 Å². The van der Waals surface area contributed by atoms with Crippen molar-refractivity contribution in [1.82, 2.24) is 0 Å². The van der Waals surface area contributed by atoms with Crippen LogP contribution < -0.4 is 11.1 Å². The molecule has 0 spiro atoms. The molecule has 3 N–H and O–H groups in total. The molecule has 0 heterocycles. The number of benzene rings is 4. The van der Waals surface area contributed by atoms with Gasteiger partial charge in [0.1, 0.15) is 0 Å². The zero-order valence-corrected chi connectivity index (χ0v) is 15.2. The van der Waals surface area contributed by atoms with E-state index in [9.17, 15) is 0 Å². The third kappa shape index (κ3) is 2.64. The van der Waals surface area contributed by atoms with Crippen LogP contribution >= 0.6 is 11.6 Å². The molecule has 3 nitrogen and oxygen atoms in total. The van der Waals surface area contributed by atoms with Crippen LogP contribution in [-0.2, 0) is 0 Å². The van der Waals surface area contributed by atoms with Gasteiger partial charge in [-0.15, -0.1) is 0 Å². The van der Waals surface area contributed by atoms with Crippen molar-refractivity contribution in [3.8, 4) is 0 Å². The highest BCUT2D eigenvalue weighted by Crippen LogP contribution is 2.36. The monoisotopic (exact) mass is 369 g/mol. The van der Waals surface area contributed by atoms with Crippen LogP contribution in [0.1, 0.15) is 11.1 Å². The molecule has 4 aromatic carbocycles. The molecule has 0 aliphatic heterocycles. The van der Waals surface area contributed by atoms with Crippen LogP contribution in [0.2, 0.25) is 5.02 Å². The lowest BCUT2D eigenvalue weighted by Crippen LogP contribution is -2.22. The number of nitrogens with one attached hydrogen (secondary N) is 1. The Bertz CT molecular complexity index is 1260. The second kappa shape index (κ2) is 6.15. The van der Waals surface area contributed by atoms with Gasteiger partial charge in [-0.3, -0.25) is 0 Å². The molecule has 4 aromatic rings. The molecule has 0 saturated heterocycles. The van der Waals surface area contributed by atoms with Gasteiger partial charge in [-0.2, -0.15) is 0 Å². The molecule has 0 fully saturated rings. The summed E-state index contributed by atoms with van der Waals surface area (Å²) in [5, 5.41) is 8.25. The standard InChI is InChI=1S/C23H16ClN3/c24-19-11-13-20(17-6-2-1-5-16(17)19)26-23(25)27-21-12-10-15-9-8-14-4-3-7-18(21)22(14)15/h1-13H,(H3,25,26,27). The maximum Gasteiger partial charge on any atom is 0.198 e. The Labute approximate surface area is 161 Å². The molecule has 1 aliphatic rings. The minimum absolute atomic E-state index is 0.342. The molecule has 5 rings (SSSR count). The van der Waals surface area contributed by atoms with Gasteiger partial charge in [0.25, 0.3) is 0 Å². The largest absolute Gasteiger partial charge is 0.369 e. The quantitative estimate of drug-likeness (QED) is 0.288. The van der Waals surface area contributed by atoms with Crippen LogP contribution in [0.25, 0.3) is 33.7 Å². The average molecular weight is 370 g/mol. The Morgan fingerprint density at radius 2 is 1.52 bits per heavy atom. The molecular formula is C23H16ClN3. The van der Waals surface area contributed by atoms with E-state index in [4.69, 9.17) is 17.3 Å². The molecule has 0 amide bonds. The highest BCUT2D eigenvalue weighted by atomic mass is 35.5. The Balaban J connectivity index is 1.57. The first-order valence-corrected chi connectivity index (χ1v) is 9.11. The minimum atomic E-state index is 0.342. The molecular weight excluding hydrogens is 354 g/mol. The molecule has 4 heteroatoms. The summed E-state index contributed by atoms with van der Waals surface area (Å²) in [5.41, 5.74) is 10.4. The van der Waals surface area contributed by atoms with Gasteiger partial charge in [0.15, 0.2) is 5.96 Å². The number of nitrogens with two attached hydrogens (primary N) is 1. The van der Waals surface area contributed by atoms with Crippen molar-refractivity contribution in [3.63, 3.8) is 0 Å². The van der Waals surface area contributed by atoms with Gasteiger partial charge >= 0.3 is 0 Å². The highest BCUT2D eigenvalue weighted by molar-refractivity contribution is 6.36. The number of fused-ring (bicyclic) bond motifs is 1. The SMILES string of the molecule is NC(=Nc1ccc2c3c(cccc13)C=C2)Nc1ccc(Cl)c2ccccc12. The van der Waals surface area contributed by atoms with Gasteiger partial charge in [-0.1, -0.05) is 72.3 Å². The van der Waals surface area contributed by atoms with E-state index in [1.807, 2.05) is 48.5 Å². The van der Waals surface area contributed by atoms with Gasteiger partial charge in [0.05, 0.1) is 5.69 Å². The van der Waals surface area contributed by atoms with E-state index in [2.05, 4.69) is 40.7 Å². The highest BCUT2D eigenvalue weighted by Gasteiger charge is 2.12. The minimum Gasteiger partial charge on any atom is -0.369 e. The molecule has 0 saturated carbocycles. The summed E-state index contributed by atoms with van der Waals surface area (Å²) in [6, 6.07) is 22.1. The molecule has 27 heavy (non-hydrogen) atoms. The molecule has 0 atom stereocenters. The summed E-state index contributed by atoms with van der Waals surface area (Å²) in [4.78, 5) is 4.64. The summed E-state index contributed by atoms with van der Waals surface area (Å²) in [6.45, 7) is 0. The van der Waals surface area contributed by atoms with Crippen LogP contribution in [0.5, 0.6) is 0 Å². The van der Waals surface area contributed by atoms with Gasteiger partial charge in [0, 0.05) is 26.9 Å². The predicted molar refractivity (Wildman–Crippen MR) is 117 cm³/mol. The number of hydrogen-bond donors (Lipinski definition) is 2. The number of aliphatic imine (C=N–C) groups is 1. The van der Waals surface area contributed by atoms with Crippen molar-refractivity contribution >= 4 is 62.6 Å². The fourth-order valence-corrected chi connectivity index (χ4v) is 3.90. The van der Waals surface area contributed by atoms with Gasteiger partial charge in [0.2, 0.25) is 0 Å². The van der Waals surface area contributed by atoms with Gasteiger partial charge in [-0.05, 0) is 34.7 Å². The van der Waals surface area contributed by atoms with Crippen molar-refractivity contribution in [1.29, 1.82) is 0 Å². The normalized spacial score (nSPS) is 12.9. The Kier molecular flexibility index (Phi) is 3.62. The zero-order chi connectivity index (χ0) is 18.4. The van der Waals surface area contributed by atoms with Gasteiger partial charge in [-0.25, -0.2) is 4.99 Å². The Morgan fingerprint density at radius 1 is 0.778 bits per heavy atom. The summed E-state index contributed by atoms with van der Waals surface area (Å²) >= 11 is 6.30. The topological polar surface area (TPSA) is 50.4 Å². The Morgan fingerprint density at radius 3 is 2.37 bits per heavy atom. The molecule has 0 bridgehead atoms. The number of guanidine groups is 1. The van der Waals surface area contributed by atoms with E-state index in [1.165, 1.54) is 16.5 Å². The fraction of sp³-hybridized carbons (Fsp3) is 0. The first-order valence-electron chi connectivity index (χ1n) is 8.73. The first kappa shape index (κ1) is 15.9. The lowest BCUT2D eigenvalue weighted by molar-refractivity contribution is 1.46. The molecule has 0 unspecified atom stereocenters. The lowest BCUT2D eigenvalue weighted by atomic mass is 10.0. The van der Waals surface area contributed by atoms with Crippen molar-refractivity contribution in [2.45, 2.75) is 0 Å². The summed E-state index contributed by atoms with van der Waals surface area (Å²) in [7, 11) is 0. The number of nitrogens with zero attached hydrogens (tertiary/aromatic N) is 1. The summed E-state index contributed by atoms with van der Waals surface area (Å²) in [6.07, 6.45) is 4.26. The van der Waals surface area contributed by atoms with Crippen molar-refractivity contribution in [3.05, 3.63) is 82.9 Å². The maximum absolute atomic E-state index is 6.30. The first-order chi connectivity index (χ1) is 13.2. The maximum atomic E-state index is 6.30. The predicted octanol–water partition coefficient (Wildman–Crippen LogP) is 6.19. The Hall–Kier alpha value is -3.30. The van der Waals surface area contributed by atoms with Gasteiger partial charge < -0.3 is 11.1 Å². The van der Waals surface area contributed by atoms with Crippen molar-refractivity contribution < 1.29 is 0 Å². The van der Waals surface area contributed by atoms with E-state index in [-0.39, 0.29) is 0 Å². The van der Waals surface area contributed by atoms with E-state index in [0.717, 1.165) is 27.5 Å². The summed E-state index contributed by atoms with van der Waals surface area (Å²) in [5.74, 6) is 0.342. The number of rotatable bonds is 2. The number of anilines is 1. The van der Waals surface area contributed by atoms with Crippen molar-refractivity contribution in [2.75, 3.05) is 5.32 Å². The van der Waals surface area contributed by atoms with Crippen LogP contribution in [0.15, 0.2) is 71.7 Å². The lowest BCUT2D eigenvalue weighted by Gasteiger charge is -2.11. The molecule has 130 valence electrons. The summed E-state index contributed by atoms with van der Waals surface area (Å²) < 4.78 is 0. The van der Waals surface area contributed by atoms with E-state index in [0.29, 0.717) is 11.0 Å². The fourth-order valence-electron chi connectivity index (χ4n) is 3.67. The number of halogens is 1. The van der Waals surface area contributed by atoms with E-state index >= 15 is 0 Å². The van der Waals surface area contributed by atoms with E-state index in [1.54, 1.807) is 0 Å². The van der Waals surface area contributed by atoms with Crippen LogP contribution in [0.3, 0.4) is 0 Å². The zero-order valence-electron chi connectivity index (χ0n) is 14.4. The molecule has 0 radical (unpaired) electrons. The van der Waals surface area contributed by atoms with Crippen LogP contribution in [0, 0.1) is 0 Å². The molecule has 1 aliphatic carbocycles. The third-order valence-corrected chi connectivity index (χ3v) is 5.23. The molecule has 0 aromatic heterocycles. The average Bonchev–Trinajstić information content (AvgIpc) is 3.11. The number of hydrogen-bond acceptors (Lipinski definition) is 1. The second-order valence-electron chi connectivity index (χ2n) is 6.54. The van der Waals surface area contributed by atoms with E-state index < -0.39 is 0 Å². The van der Waals surface area contributed by atoms with Crippen LogP contribution in [-0.4, -0.2) is 5.96 Å². The third-order valence-electron chi connectivity index (χ3n) is 4.90. The second-order valence-corrected chi connectivity index (χ2v) is 6.95.